The molecule has 3 nitrogen and oxygen atoms in total. The van der Waals surface area contributed by atoms with Gasteiger partial charge in [0.25, 0.3) is 0 Å². The SMILES string of the molecule is CCCNC(C)CCCCN(CCOC)CC(C)C. The van der Waals surface area contributed by atoms with Gasteiger partial charge in [0, 0.05) is 26.2 Å². The topological polar surface area (TPSA) is 24.5 Å². The maximum Gasteiger partial charge on any atom is 0.0589 e. The summed E-state index contributed by atoms with van der Waals surface area (Å²) in [5.74, 6) is 0.738. The smallest absolute Gasteiger partial charge is 0.0589 e. The molecule has 19 heavy (non-hydrogen) atoms. The Bertz CT molecular complexity index is 186. The van der Waals surface area contributed by atoms with E-state index in [9.17, 15) is 0 Å². The average Bonchev–Trinajstić information content (AvgIpc) is 2.37. The Morgan fingerprint density at radius 1 is 1.11 bits per heavy atom. The largest absolute Gasteiger partial charge is 0.383 e. The van der Waals surface area contributed by atoms with E-state index < -0.39 is 0 Å². The Kier molecular flexibility index (Phi) is 12.8. The van der Waals surface area contributed by atoms with Crippen molar-refractivity contribution < 1.29 is 4.74 Å². The minimum atomic E-state index is 0.664. The molecule has 0 spiro atoms. The first-order chi connectivity index (χ1) is 9.10. The summed E-state index contributed by atoms with van der Waals surface area (Å²) in [6.45, 7) is 14.6. The minimum Gasteiger partial charge on any atom is -0.383 e. The third-order valence-electron chi connectivity index (χ3n) is 3.34. The molecule has 0 aliphatic rings. The molecule has 116 valence electrons. The van der Waals surface area contributed by atoms with Crippen molar-refractivity contribution >= 4 is 0 Å². The van der Waals surface area contributed by atoms with Gasteiger partial charge in [0.05, 0.1) is 6.61 Å². The van der Waals surface area contributed by atoms with Crippen LogP contribution in [0.3, 0.4) is 0 Å². The fraction of sp³-hybridized carbons (Fsp3) is 1.00. The molecule has 0 radical (unpaired) electrons. The maximum atomic E-state index is 5.19. The van der Waals surface area contributed by atoms with Crippen LogP contribution < -0.4 is 5.32 Å². The molecule has 1 atom stereocenters. The summed E-state index contributed by atoms with van der Waals surface area (Å²) in [5.41, 5.74) is 0. The monoisotopic (exact) mass is 272 g/mol. The van der Waals surface area contributed by atoms with Crippen LogP contribution in [0.2, 0.25) is 0 Å². The zero-order valence-electron chi connectivity index (χ0n) is 13.9. The molecule has 0 aromatic heterocycles. The zero-order valence-corrected chi connectivity index (χ0v) is 13.9. The van der Waals surface area contributed by atoms with Crippen molar-refractivity contribution in [3.8, 4) is 0 Å². The van der Waals surface area contributed by atoms with Crippen LogP contribution in [0.4, 0.5) is 0 Å². The molecule has 0 aliphatic heterocycles. The standard InChI is InChI=1S/C16H36N2O/c1-6-10-17-16(4)9-7-8-11-18(12-13-19-5)14-15(2)3/h15-17H,6-14H2,1-5H3. The average molecular weight is 272 g/mol. The number of hydrogen-bond donors (Lipinski definition) is 1. The van der Waals surface area contributed by atoms with Gasteiger partial charge in [0.2, 0.25) is 0 Å². The van der Waals surface area contributed by atoms with Gasteiger partial charge in [0.1, 0.15) is 0 Å². The maximum absolute atomic E-state index is 5.19. The van der Waals surface area contributed by atoms with Gasteiger partial charge in [-0.3, -0.25) is 0 Å². The van der Waals surface area contributed by atoms with E-state index in [-0.39, 0.29) is 0 Å². The Hall–Kier alpha value is -0.120. The number of nitrogens with zero attached hydrogens (tertiary/aromatic N) is 1. The zero-order chi connectivity index (χ0) is 14.5. The minimum absolute atomic E-state index is 0.664. The van der Waals surface area contributed by atoms with Crippen LogP contribution in [0.15, 0.2) is 0 Å². The van der Waals surface area contributed by atoms with Crippen molar-refractivity contribution in [2.45, 2.75) is 59.4 Å². The molecule has 0 saturated carbocycles. The van der Waals surface area contributed by atoms with Gasteiger partial charge in [-0.2, -0.15) is 0 Å². The molecular weight excluding hydrogens is 236 g/mol. The summed E-state index contributed by atoms with van der Waals surface area (Å²) in [6, 6.07) is 0.664. The lowest BCUT2D eigenvalue weighted by Crippen LogP contribution is -2.32. The van der Waals surface area contributed by atoms with Crippen LogP contribution in [0.1, 0.15) is 53.4 Å². The van der Waals surface area contributed by atoms with Gasteiger partial charge in [-0.25, -0.2) is 0 Å². The van der Waals surface area contributed by atoms with Crippen molar-refractivity contribution in [1.29, 1.82) is 0 Å². The molecule has 0 aromatic carbocycles. The second-order valence-electron chi connectivity index (χ2n) is 6.04. The van der Waals surface area contributed by atoms with Crippen molar-refractivity contribution in [2.24, 2.45) is 5.92 Å². The van der Waals surface area contributed by atoms with E-state index in [1.54, 1.807) is 7.11 Å². The first-order valence-electron chi connectivity index (χ1n) is 8.04. The van der Waals surface area contributed by atoms with Crippen LogP contribution in [0, 0.1) is 5.92 Å². The van der Waals surface area contributed by atoms with Crippen LogP contribution >= 0.6 is 0 Å². The van der Waals surface area contributed by atoms with Gasteiger partial charge >= 0.3 is 0 Å². The summed E-state index contributed by atoms with van der Waals surface area (Å²) < 4.78 is 5.19. The van der Waals surface area contributed by atoms with Crippen LogP contribution in [0.25, 0.3) is 0 Å². The normalized spacial score (nSPS) is 13.4. The third-order valence-corrected chi connectivity index (χ3v) is 3.34. The summed E-state index contributed by atoms with van der Waals surface area (Å²) >= 11 is 0. The van der Waals surface area contributed by atoms with Crippen molar-refractivity contribution in [3.05, 3.63) is 0 Å². The lowest BCUT2D eigenvalue weighted by Gasteiger charge is -2.24. The molecule has 0 aromatic rings. The molecule has 0 bridgehead atoms. The molecule has 0 saturated heterocycles. The molecule has 0 aliphatic carbocycles. The molecule has 1 N–H and O–H groups in total. The lowest BCUT2D eigenvalue weighted by atomic mass is 10.1. The fourth-order valence-corrected chi connectivity index (χ4v) is 2.31. The second-order valence-corrected chi connectivity index (χ2v) is 6.04. The molecule has 0 heterocycles. The van der Waals surface area contributed by atoms with Crippen molar-refractivity contribution in [1.82, 2.24) is 10.2 Å². The van der Waals surface area contributed by atoms with E-state index in [4.69, 9.17) is 4.74 Å². The third kappa shape index (κ3) is 12.6. The van der Waals surface area contributed by atoms with Gasteiger partial charge in [-0.15, -0.1) is 0 Å². The first kappa shape index (κ1) is 18.9. The van der Waals surface area contributed by atoms with Gasteiger partial charge in [-0.1, -0.05) is 27.2 Å². The van der Waals surface area contributed by atoms with Gasteiger partial charge in [-0.05, 0) is 45.2 Å². The highest BCUT2D eigenvalue weighted by Gasteiger charge is 2.07. The molecule has 3 heteroatoms. The second kappa shape index (κ2) is 12.9. The number of rotatable bonds is 13. The summed E-state index contributed by atoms with van der Waals surface area (Å²) in [4.78, 5) is 2.54. The van der Waals surface area contributed by atoms with Crippen LogP contribution in [-0.4, -0.2) is 50.8 Å². The van der Waals surface area contributed by atoms with E-state index >= 15 is 0 Å². The molecular formula is C16H36N2O. The van der Waals surface area contributed by atoms with Crippen molar-refractivity contribution in [3.63, 3.8) is 0 Å². The fourth-order valence-electron chi connectivity index (χ4n) is 2.31. The van der Waals surface area contributed by atoms with Crippen LogP contribution in [-0.2, 0) is 4.74 Å². The quantitative estimate of drug-likeness (QED) is 0.521. The Balaban J connectivity index is 3.66. The van der Waals surface area contributed by atoms with Gasteiger partial charge < -0.3 is 15.0 Å². The predicted molar refractivity (Wildman–Crippen MR) is 84.8 cm³/mol. The number of methoxy groups -OCH3 is 1. The molecule has 0 amide bonds. The summed E-state index contributed by atoms with van der Waals surface area (Å²) in [5, 5.41) is 3.55. The molecule has 1 unspecified atom stereocenters. The van der Waals surface area contributed by atoms with E-state index in [0.29, 0.717) is 6.04 Å². The number of unbranched alkanes of at least 4 members (excludes halogenated alkanes) is 1. The summed E-state index contributed by atoms with van der Waals surface area (Å²) in [7, 11) is 1.79. The molecule has 0 fully saturated rings. The van der Waals surface area contributed by atoms with Crippen LogP contribution in [0.5, 0.6) is 0 Å². The Morgan fingerprint density at radius 2 is 1.84 bits per heavy atom. The van der Waals surface area contributed by atoms with E-state index in [1.165, 1.54) is 38.8 Å². The van der Waals surface area contributed by atoms with E-state index in [0.717, 1.165) is 25.6 Å². The number of hydrogen-bond acceptors (Lipinski definition) is 3. The van der Waals surface area contributed by atoms with E-state index in [2.05, 4.69) is 37.9 Å². The highest BCUT2D eigenvalue weighted by atomic mass is 16.5. The predicted octanol–water partition coefficient (Wildman–Crippen LogP) is 3.15. The van der Waals surface area contributed by atoms with E-state index in [1.807, 2.05) is 0 Å². The Labute approximate surface area is 121 Å². The highest BCUT2D eigenvalue weighted by molar-refractivity contribution is 4.63. The number of nitrogens with one attached hydrogen (secondary N) is 1. The Morgan fingerprint density at radius 3 is 2.42 bits per heavy atom. The summed E-state index contributed by atoms with van der Waals surface area (Å²) in [6.07, 6.45) is 5.14. The first-order valence-corrected chi connectivity index (χ1v) is 8.04. The lowest BCUT2D eigenvalue weighted by molar-refractivity contribution is 0.138. The van der Waals surface area contributed by atoms with Gasteiger partial charge in [0.15, 0.2) is 0 Å². The highest BCUT2D eigenvalue weighted by Crippen LogP contribution is 2.05. The van der Waals surface area contributed by atoms with Crippen molar-refractivity contribution in [2.75, 3.05) is 39.9 Å². The molecule has 0 rings (SSSR count). The number of ether oxygens (including phenoxy) is 1.